The maximum Gasteiger partial charge on any atom is 0.121 e. The van der Waals surface area contributed by atoms with Crippen molar-refractivity contribution in [2.45, 2.75) is 33.2 Å². The molecule has 1 aromatic heterocycles. The molecule has 2 heterocycles. The number of aryl methyl sites for hydroxylation is 2. The number of hydrogen-bond acceptors (Lipinski definition) is 3. The summed E-state index contributed by atoms with van der Waals surface area (Å²) in [4.78, 5) is 2.52. The van der Waals surface area contributed by atoms with Crippen LogP contribution >= 0.6 is 24.8 Å². The van der Waals surface area contributed by atoms with Crippen molar-refractivity contribution >= 4 is 24.8 Å². The molecule has 1 aliphatic heterocycles. The second-order valence-corrected chi connectivity index (χ2v) is 4.60. The van der Waals surface area contributed by atoms with Gasteiger partial charge in [-0.25, -0.2) is 0 Å². The molecule has 5 heteroatoms. The van der Waals surface area contributed by atoms with Gasteiger partial charge in [0.15, 0.2) is 0 Å². The summed E-state index contributed by atoms with van der Waals surface area (Å²) in [5.41, 5.74) is 1.27. The van der Waals surface area contributed by atoms with Crippen molar-refractivity contribution in [2.24, 2.45) is 0 Å². The molecule has 0 radical (unpaired) electrons. The standard InChI is InChI=1S/C13H22N2O.2ClH/c1-4-12(15-7-5-14-6-8-15)13-9-10(2)11(3)16-13;;/h9,12,14H,4-8H2,1-3H3;2*1H/t12-;;/m0../s1. The average molecular weight is 295 g/mol. The highest BCUT2D eigenvalue weighted by molar-refractivity contribution is 5.85. The first kappa shape index (κ1) is 17.8. The van der Waals surface area contributed by atoms with Crippen molar-refractivity contribution in [1.82, 2.24) is 10.2 Å². The molecule has 18 heavy (non-hydrogen) atoms. The molecule has 1 saturated heterocycles. The fourth-order valence-electron chi connectivity index (χ4n) is 2.40. The van der Waals surface area contributed by atoms with Crippen molar-refractivity contribution in [3.05, 3.63) is 23.2 Å². The van der Waals surface area contributed by atoms with Crippen LogP contribution in [0.4, 0.5) is 0 Å². The third kappa shape index (κ3) is 3.89. The van der Waals surface area contributed by atoms with Gasteiger partial charge in [0, 0.05) is 26.2 Å². The first-order valence-corrected chi connectivity index (χ1v) is 6.24. The third-order valence-corrected chi connectivity index (χ3v) is 3.49. The third-order valence-electron chi connectivity index (χ3n) is 3.49. The quantitative estimate of drug-likeness (QED) is 0.929. The van der Waals surface area contributed by atoms with Gasteiger partial charge in [0.25, 0.3) is 0 Å². The first-order chi connectivity index (χ1) is 7.72. The van der Waals surface area contributed by atoms with Gasteiger partial charge in [-0.1, -0.05) is 6.92 Å². The minimum atomic E-state index is 0. The molecule has 1 fully saturated rings. The number of nitrogens with one attached hydrogen (secondary N) is 1. The number of nitrogens with zero attached hydrogens (tertiary/aromatic N) is 1. The van der Waals surface area contributed by atoms with Crippen molar-refractivity contribution in [3.8, 4) is 0 Å². The Morgan fingerprint density at radius 1 is 1.28 bits per heavy atom. The molecule has 0 amide bonds. The summed E-state index contributed by atoms with van der Waals surface area (Å²) in [5.74, 6) is 2.20. The highest BCUT2D eigenvalue weighted by Crippen LogP contribution is 2.27. The van der Waals surface area contributed by atoms with E-state index in [1.165, 1.54) is 5.56 Å². The summed E-state index contributed by atoms with van der Waals surface area (Å²) < 4.78 is 5.86. The second-order valence-electron chi connectivity index (χ2n) is 4.60. The zero-order valence-corrected chi connectivity index (χ0v) is 13.0. The van der Waals surface area contributed by atoms with Crippen LogP contribution in [0.15, 0.2) is 10.5 Å². The topological polar surface area (TPSA) is 28.4 Å². The van der Waals surface area contributed by atoms with Gasteiger partial charge in [0.05, 0.1) is 6.04 Å². The minimum absolute atomic E-state index is 0. The Balaban J connectivity index is 0.00000144. The summed E-state index contributed by atoms with van der Waals surface area (Å²) >= 11 is 0. The van der Waals surface area contributed by atoms with E-state index in [-0.39, 0.29) is 24.8 Å². The lowest BCUT2D eigenvalue weighted by Crippen LogP contribution is -2.44. The zero-order chi connectivity index (χ0) is 11.5. The van der Waals surface area contributed by atoms with Crippen LogP contribution in [0.2, 0.25) is 0 Å². The van der Waals surface area contributed by atoms with Gasteiger partial charge < -0.3 is 9.73 Å². The van der Waals surface area contributed by atoms with Crippen LogP contribution in [0.5, 0.6) is 0 Å². The van der Waals surface area contributed by atoms with Gasteiger partial charge in [-0.2, -0.15) is 0 Å². The summed E-state index contributed by atoms with van der Waals surface area (Å²) in [7, 11) is 0. The van der Waals surface area contributed by atoms with Gasteiger partial charge in [-0.15, -0.1) is 24.8 Å². The molecule has 0 aromatic carbocycles. The Morgan fingerprint density at radius 2 is 1.89 bits per heavy atom. The molecular formula is C13H24Cl2N2O. The van der Waals surface area contributed by atoms with Crippen LogP contribution in [0.3, 0.4) is 0 Å². The summed E-state index contributed by atoms with van der Waals surface area (Å²) in [5, 5.41) is 3.39. The molecule has 0 spiro atoms. The van der Waals surface area contributed by atoms with Gasteiger partial charge in [-0.3, -0.25) is 4.90 Å². The maximum atomic E-state index is 5.86. The van der Waals surface area contributed by atoms with Crippen molar-refractivity contribution in [1.29, 1.82) is 0 Å². The van der Waals surface area contributed by atoms with Crippen LogP contribution in [0.25, 0.3) is 0 Å². The minimum Gasteiger partial charge on any atom is -0.464 e. The monoisotopic (exact) mass is 294 g/mol. The molecule has 3 nitrogen and oxygen atoms in total. The zero-order valence-electron chi connectivity index (χ0n) is 11.4. The number of halogens is 2. The average Bonchev–Trinajstić information content (AvgIpc) is 2.61. The Morgan fingerprint density at radius 3 is 2.33 bits per heavy atom. The molecule has 0 aliphatic carbocycles. The van der Waals surface area contributed by atoms with Gasteiger partial charge >= 0.3 is 0 Å². The van der Waals surface area contributed by atoms with E-state index in [0.29, 0.717) is 6.04 Å². The highest BCUT2D eigenvalue weighted by atomic mass is 35.5. The van der Waals surface area contributed by atoms with E-state index in [4.69, 9.17) is 4.42 Å². The van der Waals surface area contributed by atoms with Crippen LogP contribution < -0.4 is 5.32 Å². The molecule has 0 unspecified atom stereocenters. The first-order valence-electron chi connectivity index (χ1n) is 6.24. The maximum absolute atomic E-state index is 5.86. The Bertz CT molecular complexity index is 329. The van der Waals surface area contributed by atoms with E-state index in [9.17, 15) is 0 Å². The van der Waals surface area contributed by atoms with Crippen LogP contribution in [-0.4, -0.2) is 31.1 Å². The molecule has 1 aliphatic rings. The van der Waals surface area contributed by atoms with Crippen molar-refractivity contribution in [3.63, 3.8) is 0 Å². The molecule has 106 valence electrons. The molecule has 2 rings (SSSR count). The molecule has 0 saturated carbocycles. The number of rotatable bonds is 3. The fourth-order valence-corrected chi connectivity index (χ4v) is 2.40. The fraction of sp³-hybridized carbons (Fsp3) is 0.692. The lowest BCUT2D eigenvalue weighted by molar-refractivity contribution is 0.149. The Labute approximate surface area is 122 Å². The molecule has 1 aromatic rings. The van der Waals surface area contributed by atoms with E-state index in [1.807, 2.05) is 6.92 Å². The van der Waals surface area contributed by atoms with Crippen LogP contribution in [-0.2, 0) is 0 Å². The molecular weight excluding hydrogens is 271 g/mol. The second kappa shape index (κ2) is 8.05. The number of hydrogen-bond donors (Lipinski definition) is 1. The summed E-state index contributed by atoms with van der Waals surface area (Å²) in [6.07, 6.45) is 1.12. The molecule has 1 atom stereocenters. The predicted molar refractivity (Wildman–Crippen MR) is 80.2 cm³/mol. The smallest absolute Gasteiger partial charge is 0.121 e. The lowest BCUT2D eigenvalue weighted by atomic mass is 10.1. The van der Waals surface area contributed by atoms with Crippen LogP contribution in [0, 0.1) is 13.8 Å². The molecule has 1 N–H and O–H groups in total. The lowest BCUT2D eigenvalue weighted by Gasteiger charge is -2.33. The van der Waals surface area contributed by atoms with Crippen LogP contribution in [0.1, 0.15) is 36.5 Å². The van der Waals surface area contributed by atoms with Gasteiger partial charge in [0.2, 0.25) is 0 Å². The SMILES string of the molecule is CC[C@@H](c1cc(C)c(C)o1)N1CCNCC1.Cl.Cl. The van der Waals surface area contributed by atoms with Crippen molar-refractivity contribution in [2.75, 3.05) is 26.2 Å². The largest absolute Gasteiger partial charge is 0.464 e. The van der Waals surface area contributed by atoms with Gasteiger partial charge in [-0.05, 0) is 31.9 Å². The van der Waals surface area contributed by atoms with Crippen molar-refractivity contribution < 1.29 is 4.42 Å². The Hall–Kier alpha value is -0.220. The Kier molecular flexibility index (Phi) is 7.95. The van der Waals surface area contributed by atoms with E-state index < -0.39 is 0 Å². The van der Waals surface area contributed by atoms with E-state index in [0.717, 1.165) is 44.1 Å². The normalized spacial score (nSPS) is 17.7. The summed E-state index contributed by atoms with van der Waals surface area (Å²) in [6.45, 7) is 10.8. The number of furan rings is 1. The predicted octanol–water partition coefficient (Wildman–Crippen LogP) is 3.10. The number of piperazine rings is 1. The summed E-state index contributed by atoms with van der Waals surface area (Å²) in [6, 6.07) is 2.65. The van der Waals surface area contributed by atoms with E-state index in [2.05, 4.69) is 30.1 Å². The molecule has 0 bridgehead atoms. The van der Waals surface area contributed by atoms with E-state index in [1.54, 1.807) is 0 Å². The van der Waals surface area contributed by atoms with E-state index >= 15 is 0 Å². The van der Waals surface area contributed by atoms with Gasteiger partial charge in [0.1, 0.15) is 11.5 Å². The highest BCUT2D eigenvalue weighted by Gasteiger charge is 2.23.